The normalized spacial score (nSPS) is 11.4. The fraction of sp³-hybridized carbons (Fsp3) is 0.0667. The Hall–Kier alpha value is -3.02. The second-order valence-electron chi connectivity index (χ2n) is 8.71. The highest BCUT2D eigenvalue weighted by atomic mass is 35.5. The molecular formula is C30H21Cl2NOS2. The lowest BCUT2D eigenvalue weighted by Crippen LogP contribution is -1.96. The van der Waals surface area contributed by atoms with E-state index in [1.54, 1.807) is 18.4 Å². The van der Waals surface area contributed by atoms with Crippen LogP contribution < -0.4 is 10.5 Å². The highest BCUT2D eigenvalue weighted by Gasteiger charge is 2.22. The van der Waals surface area contributed by atoms with E-state index in [1.807, 2.05) is 30.3 Å². The molecule has 0 aliphatic carbocycles. The number of thiophene rings is 2. The number of nitrogen functional groups attached to an aromatic ring is 1. The van der Waals surface area contributed by atoms with Crippen LogP contribution >= 0.6 is 45.9 Å². The van der Waals surface area contributed by atoms with Crippen LogP contribution in [-0.4, -0.2) is 7.11 Å². The summed E-state index contributed by atoms with van der Waals surface area (Å²) in [7, 11) is 1.67. The predicted octanol–water partition coefficient (Wildman–Crippen LogP) is 10.3. The summed E-state index contributed by atoms with van der Waals surface area (Å²) in [5, 5.41) is 2.15. The van der Waals surface area contributed by atoms with Crippen LogP contribution in [0.5, 0.6) is 5.75 Å². The summed E-state index contributed by atoms with van der Waals surface area (Å²) in [5.41, 5.74) is 14.7. The quantitative estimate of drug-likeness (QED) is 0.223. The maximum absolute atomic E-state index is 6.99. The van der Waals surface area contributed by atoms with E-state index in [9.17, 15) is 0 Å². The van der Waals surface area contributed by atoms with Crippen molar-refractivity contribution < 1.29 is 4.74 Å². The van der Waals surface area contributed by atoms with Gasteiger partial charge in [-0.15, -0.1) is 22.7 Å². The van der Waals surface area contributed by atoms with Crippen LogP contribution in [0.15, 0.2) is 78.9 Å². The number of nitrogens with two attached hydrogens (primary N) is 1. The Bertz CT molecular complexity index is 1770. The van der Waals surface area contributed by atoms with Gasteiger partial charge in [0.05, 0.1) is 7.11 Å². The lowest BCUT2D eigenvalue weighted by atomic mass is 9.91. The van der Waals surface area contributed by atoms with Crippen LogP contribution in [0.1, 0.15) is 5.56 Å². The maximum atomic E-state index is 6.99. The van der Waals surface area contributed by atoms with Gasteiger partial charge >= 0.3 is 0 Å². The van der Waals surface area contributed by atoms with Gasteiger partial charge in [-0.3, -0.25) is 0 Å². The minimum atomic E-state index is 0.661. The van der Waals surface area contributed by atoms with E-state index in [0.29, 0.717) is 10.0 Å². The van der Waals surface area contributed by atoms with Crippen LogP contribution in [0.4, 0.5) is 5.69 Å². The summed E-state index contributed by atoms with van der Waals surface area (Å²) in [4.78, 5) is 0. The Morgan fingerprint density at radius 3 is 1.89 bits per heavy atom. The van der Waals surface area contributed by atoms with Gasteiger partial charge in [-0.2, -0.15) is 0 Å². The molecule has 0 saturated heterocycles. The SMILES string of the molecule is COc1ccc2c(-c3cc(-c4ccccc4)cc(-c4c(Cl)sc5cc(C)ccc45)c3N)c(Cl)sc2c1. The van der Waals surface area contributed by atoms with Crippen molar-refractivity contribution in [1.29, 1.82) is 0 Å². The highest BCUT2D eigenvalue weighted by molar-refractivity contribution is 7.24. The monoisotopic (exact) mass is 545 g/mol. The number of benzene rings is 4. The number of ether oxygens (including phenoxy) is 1. The van der Waals surface area contributed by atoms with Crippen molar-refractivity contribution in [2.24, 2.45) is 0 Å². The molecule has 2 heterocycles. The maximum Gasteiger partial charge on any atom is 0.120 e. The van der Waals surface area contributed by atoms with Crippen molar-refractivity contribution in [3.63, 3.8) is 0 Å². The minimum absolute atomic E-state index is 0.661. The third kappa shape index (κ3) is 3.86. The highest BCUT2D eigenvalue weighted by Crippen LogP contribution is 2.51. The summed E-state index contributed by atoms with van der Waals surface area (Å²) in [6.45, 7) is 2.09. The standard InChI is InChI=1S/C30H21Cl2NOS2/c1-16-8-10-20-24(12-16)35-29(31)26(20)22-13-18(17-6-4-3-5-7-17)14-23(28(22)33)27-21-11-9-19(34-2)15-25(21)36-30(27)32/h3-15H,33H2,1-2H3. The molecule has 6 aromatic rings. The van der Waals surface area contributed by atoms with Crippen LogP contribution in [0.25, 0.3) is 53.6 Å². The van der Waals surface area contributed by atoms with E-state index in [4.69, 9.17) is 33.7 Å². The van der Waals surface area contributed by atoms with Gasteiger partial charge < -0.3 is 10.5 Å². The number of methoxy groups -OCH3 is 1. The molecular weight excluding hydrogens is 525 g/mol. The molecule has 2 N–H and O–H groups in total. The summed E-state index contributed by atoms with van der Waals surface area (Å²) in [6, 6.07) is 27.0. The van der Waals surface area contributed by atoms with Gasteiger partial charge in [0.15, 0.2) is 0 Å². The molecule has 6 rings (SSSR count). The average molecular weight is 547 g/mol. The number of fused-ring (bicyclic) bond motifs is 2. The van der Waals surface area contributed by atoms with E-state index in [2.05, 4.69) is 55.5 Å². The molecule has 0 saturated carbocycles. The Morgan fingerprint density at radius 2 is 1.28 bits per heavy atom. The number of rotatable bonds is 4. The van der Waals surface area contributed by atoms with Crippen LogP contribution in [-0.2, 0) is 0 Å². The molecule has 0 bridgehead atoms. The van der Waals surface area contributed by atoms with Gasteiger partial charge in [0.2, 0.25) is 0 Å². The zero-order chi connectivity index (χ0) is 25.0. The zero-order valence-electron chi connectivity index (χ0n) is 19.6. The van der Waals surface area contributed by atoms with Gasteiger partial charge in [0, 0.05) is 48.1 Å². The van der Waals surface area contributed by atoms with Crippen LogP contribution in [0.3, 0.4) is 0 Å². The second-order valence-corrected chi connectivity index (χ2v) is 12.0. The first-order valence-corrected chi connectivity index (χ1v) is 13.8. The molecule has 2 aromatic heterocycles. The topological polar surface area (TPSA) is 35.2 Å². The van der Waals surface area contributed by atoms with E-state index >= 15 is 0 Å². The molecule has 2 nitrogen and oxygen atoms in total. The van der Waals surface area contributed by atoms with Crippen LogP contribution in [0, 0.1) is 6.92 Å². The van der Waals surface area contributed by atoms with Crippen molar-refractivity contribution in [3.05, 3.63) is 93.1 Å². The first-order valence-electron chi connectivity index (χ1n) is 11.4. The second kappa shape index (κ2) is 9.13. The fourth-order valence-electron chi connectivity index (χ4n) is 4.71. The average Bonchev–Trinajstić information content (AvgIpc) is 3.38. The molecule has 0 spiro atoms. The van der Waals surface area contributed by atoms with Crippen molar-refractivity contribution in [3.8, 4) is 39.1 Å². The van der Waals surface area contributed by atoms with Crippen molar-refractivity contribution >= 4 is 71.7 Å². The number of aryl methyl sites for hydroxylation is 1. The van der Waals surface area contributed by atoms with Gasteiger partial charge in [-0.1, -0.05) is 65.7 Å². The smallest absolute Gasteiger partial charge is 0.120 e. The first kappa shape index (κ1) is 23.4. The van der Waals surface area contributed by atoms with Gasteiger partial charge in [-0.25, -0.2) is 0 Å². The van der Waals surface area contributed by atoms with Gasteiger partial charge in [0.1, 0.15) is 14.4 Å². The molecule has 36 heavy (non-hydrogen) atoms. The lowest BCUT2D eigenvalue weighted by molar-refractivity contribution is 0.415. The number of hydrogen-bond acceptors (Lipinski definition) is 4. The molecule has 0 aliphatic rings. The molecule has 6 heteroatoms. The Balaban J connectivity index is 1.69. The number of hydrogen-bond donors (Lipinski definition) is 1. The van der Waals surface area contributed by atoms with Crippen molar-refractivity contribution in [2.75, 3.05) is 12.8 Å². The summed E-state index contributed by atoms with van der Waals surface area (Å²) in [5.74, 6) is 0.797. The first-order chi connectivity index (χ1) is 17.4. The molecule has 0 amide bonds. The van der Waals surface area contributed by atoms with Crippen molar-refractivity contribution in [2.45, 2.75) is 6.92 Å². The fourth-order valence-corrected chi connectivity index (χ4v) is 7.63. The molecule has 178 valence electrons. The van der Waals surface area contributed by atoms with E-state index < -0.39 is 0 Å². The van der Waals surface area contributed by atoms with Gasteiger partial charge in [-0.05, 0) is 60.0 Å². The molecule has 0 radical (unpaired) electrons. The lowest BCUT2D eigenvalue weighted by Gasteiger charge is -2.16. The third-order valence-electron chi connectivity index (χ3n) is 6.48. The summed E-state index contributed by atoms with van der Waals surface area (Å²) < 4.78 is 9.05. The predicted molar refractivity (Wildman–Crippen MR) is 159 cm³/mol. The Morgan fingerprint density at radius 1 is 0.694 bits per heavy atom. The Kier molecular flexibility index (Phi) is 5.93. The largest absolute Gasteiger partial charge is 0.497 e. The molecule has 4 aromatic carbocycles. The van der Waals surface area contributed by atoms with E-state index in [1.165, 1.54) is 16.9 Å². The minimum Gasteiger partial charge on any atom is -0.497 e. The Labute approximate surface area is 227 Å². The molecule has 0 unspecified atom stereocenters. The molecule has 0 atom stereocenters. The molecule has 0 fully saturated rings. The van der Waals surface area contributed by atoms with E-state index in [0.717, 1.165) is 63.6 Å². The van der Waals surface area contributed by atoms with Crippen molar-refractivity contribution in [1.82, 2.24) is 0 Å². The zero-order valence-corrected chi connectivity index (χ0v) is 22.7. The van der Waals surface area contributed by atoms with Gasteiger partial charge in [0.25, 0.3) is 0 Å². The number of anilines is 1. The summed E-state index contributed by atoms with van der Waals surface area (Å²) >= 11 is 16.9. The third-order valence-corrected chi connectivity index (χ3v) is 9.21. The molecule has 0 aliphatic heterocycles. The van der Waals surface area contributed by atoms with Crippen LogP contribution in [0.2, 0.25) is 8.67 Å². The number of halogens is 2. The summed E-state index contributed by atoms with van der Waals surface area (Å²) in [6.07, 6.45) is 0. The van der Waals surface area contributed by atoms with E-state index in [-0.39, 0.29) is 0 Å².